The second-order valence-corrected chi connectivity index (χ2v) is 8.19. The topological polar surface area (TPSA) is 69.7 Å². The Balaban J connectivity index is 1.87. The van der Waals surface area contributed by atoms with Crippen LogP contribution in [0.4, 0.5) is 5.69 Å². The number of nitrogens with zero attached hydrogens (tertiary/aromatic N) is 2. The van der Waals surface area contributed by atoms with Crippen molar-refractivity contribution in [3.63, 3.8) is 0 Å². The molecule has 1 heterocycles. The van der Waals surface area contributed by atoms with E-state index in [1.807, 2.05) is 0 Å². The van der Waals surface area contributed by atoms with Crippen LogP contribution in [0.1, 0.15) is 29.6 Å². The number of carbonyl (C=O) groups is 1. The number of nitrogens with one attached hydrogen (secondary N) is 1. The van der Waals surface area contributed by atoms with Crippen LogP contribution < -0.4 is 9.62 Å². The van der Waals surface area contributed by atoms with Gasteiger partial charge in [0.05, 0.1) is 18.5 Å². The Morgan fingerprint density at radius 2 is 1.92 bits per heavy atom. The van der Waals surface area contributed by atoms with Crippen LogP contribution in [-0.4, -0.2) is 58.2 Å². The molecule has 1 aromatic rings. The van der Waals surface area contributed by atoms with Crippen LogP contribution in [0.5, 0.6) is 0 Å². The molecule has 1 aromatic carbocycles. The molecule has 7 heteroatoms. The average molecular weight is 365 g/mol. The maximum absolute atomic E-state index is 12.2. The van der Waals surface area contributed by atoms with Crippen molar-refractivity contribution in [2.75, 3.05) is 43.3 Å². The van der Waals surface area contributed by atoms with E-state index in [9.17, 15) is 13.2 Å². The van der Waals surface area contributed by atoms with Gasteiger partial charge in [-0.2, -0.15) is 0 Å². The van der Waals surface area contributed by atoms with Gasteiger partial charge in [-0.15, -0.1) is 6.58 Å². The van der Waals surface area contributed by atoms with E-state index < -0.39 is 10.0 Å². The van der Waals surface area contributed by atoms with Crippen LogP contribution in [0.25, 0.3) is 0 Å². The van der Waals surface area contributed by atoms with E-state index in [1.54, 1.807) is 24.3 Å². The number of likely N-dealkylation sites (tertiary alicyclic amines) is 1. The van der Waals surface area contributed by atoms with E-state index in [-0.39, 0.29) is 12.5 Å². The zero-order chi connectivity index (χ0) is 18.3. The number of sulfonamides is 1. The summed E-state index contributed by atoms with van der Waals surface area (Å²) in [6.45, 7) is 7.76. The van der Waals surface area contributed by atoms with Gasteiger partial charge in [0, 0.05) is 12.1 Å². The fraction of sp³-hybridized carbons (Fsp3) is 0.500. The molecule has 138 valence electrons. The molecule has 25 heavy (non-hydrogen) atoms. The lowest BCUT2D eigenvalue weighted by atomic mass is 10.2. The molecule has 0 atom stereocenters. The van der Waals surface area contributed by atoms with Crippen molar-refractivity contribution in [1.29, 1.82) is 0 Å². The normalized spacial score (nSPS) is 15.1. The maximum Gasteiger partial charge on any atom is 0.251 e. The third-order valence-electron chi connectivity index (χ3n) is 4.25. The molecule has 0 saturated carbocycles. The minimum Gasteiger partial charge on any atom is -0.352 e. The summed E-state index contributed by atoms with van der Waals surface area (Å²) in [4.78, 5) is 14.6. The lowest BCUT2D eigenvalue weighted by Gasteiger charge is -2.20. The molecular formula is C18H27N3O3S. The summed E-state index contributed by atoms with van der Waals surface area (Å²) in [5.74, 6) is -0.136. The van der Waals surface area contributed by atoms with Gasteiger partial charge in [-0.1, -0.05) is 6.08 Å². The van der Waals surface area contributed by atoms with Crippen LogP contribution in [-0.2, 0) is 10.0 Å². The smallest absolute Gasteiger partial charge is 0.251 e. The second kappa shape index (κ2) is 9.01. The highest BCUT2D eigenvalue weighted by Crippen LogP contribution is 2.18. The van der Waals surface area contributed by atoms with Gasteiger partial charge < -0.3 is 10.2 Å². The number of hydrogen-bond donors (Lipinski definition) is 1. The van der Waals surface area contributed by atoms with Crippen LogP contribution in [0.3, 0.4) is 0 Å². The van der Waals surface area contributed by atoms with E-state index in [0.29, 0.717) is 17.8 Å². The molecule has 0 aromatic heterocycles. The molecule has 0 bridgehead atoms. The summed E-state index contributed by atoms with van der Waals surface area (Å²) in [6.07, 6.45) is 6.16. The number of hydrogen-bond acceptors (Lipinski definition) is 4. The van der Waals surface area contributed by atoms with Crippen molar-refractivity contribution in [3.8, 4) is 0 Å². The van der Waals surface area contributed by atoms with Crippen LogP contribution in [0.2, 0.25) is 0 Å². The van der Waals surface area contributed by atoms with Gasteiger partial charge in [0.25, 0.3) is 5.91 Å². The highest BCUT2D eigenvalue weighted by Gasteiger charge is 2.16. The monoisotopic (exact) mass is 365 g/mol. The number of amides is 1. The number of benzene rings is 1. The van der Waals surface area contributed by atoms with Gasteiger partial charge in [-0.05, 0) is 63.2 Å². The molecule has 6 nitrogen and oxygen atoms in total. The molecule has 1 aliphatic rings. The molecule has 0 aliphatic carbocycles. The van der Waals surface area contributed by atoms with Crippen LogP contribution >= 0.6 is 0 Å². The third-order valence-corrected chi connectivity index (χ3v) is 5.41. The van der Waals surface area contributed by atoms with Gasteiger partial charge in [-0.3, -0.25) is 9.10 Å². The first-order valence-electron chi connectivity index (χ1n) is 8.61. The van der Waals surface area contributed by atoms with Gasteiger partial charge in [0.2, 0.25) is 10.0 Å². The van der Waals surface area contributed by atoms with Crippen LogP contribution in [0, 0.1) is 0 Å². The fourth-order valence-corrected chi connectivity index (χ4v) is 3.82. The van der Waals surface area contributed by atoms with Crippen molar-refractivity contribution < 1.29 is 13.2 Å². The zero-order valence-electron chi connectivity index (χ0n) is 14.8. The zero-order valence-corrected chi connectivity index (χ0v) is 15.6. The molecule has 1 saturated heterocycles. The number of anilines is 1. The van der Waals surface area contributed by atoms with Crippen molar-refractivity contribution in [3.05, 3.63) is 42.5 Å². The summed E-state index contributed by atoms with van der Waals surface area (Å²) in [7, 11) is -3.38. The molecule has 0 radical (unpaired) electrons. The van der Waals surface area contributed by atoms with Crippen molar-refractivity contribution >= 4 is 21.6 Å². The van der Waals surface area contributed by atoms with E-state index in [4.69, 9.17) is 0 Å². The standard InChI is InChI=1S/C18H27N3O3S/c1-3-12-21(25(2,23)24)17-9-7-16(8-10-17)18(22)19-11-6-15-20-13-4-5-14-20/h3,7-10H,1,4-6,11-15H2,2H3,(H,19,22). The SMILES string of the molecule is C=CCN(c1ccc(C(=O)NCCCN2CCCC2)cc1)S(C)(=O)=O. The second-order valence-electron chi connectivity index (χ2n) is 6.29. The minimum atomic E-state index is -3.38. The Hall–Kier alpha value is -1.86. The quantitative estimate of drug-likeness (QED) is 0.536. The molecule has 0 unspecified atom stereocenters. The first-order chi connectivity index (χ1) is 11.9. The third kappa shape index (κ3) is 5.86. The minimum absolute atomic E-state index is 0.136. The fourth-order valence-electron chi connectivity index (χ4n) is 2.94. The molecular weight excluding hydrogens is 338 g/mol. The average Bonchev–Trinajstić information content (AvgIpc) is 3.09. The molecule has 1 amide bonds. The summed E-state index contributed by atoms with van der Waals surface area (Å²) in [5, 5.41) is 2.91. The Morgan fingerprint density at radius 3 is 2.48 bits per heavy atom. The Labute approximate surface area is 150 Å². The lowest BCUT2D eigenvalue weighted by Crippen LogP contribution is -2.30. The summed E-state index contributed by atoms with van der Waals surface area (Å²) >= 11 is 0. The molecule has 1 fully saturated rings. The van der Waals surface area contributed by atoms with Gasteiger partial charge in [-0.25, -0.2) is 8.42 Å². The molecule has 1 aliphatic heterocycles. The lowest BCUT2D eigenvalue weighted by molar-refractivity contribution is 0.0952. The first-order valence-corrected chi connectivity index (χ1v) is 10.5. The summed E-state index contributed by atoms with van der Waals surface area (Å²) in [5.41, 5.74) is 1.05. The molecule has 1 N–H and O–H groups in total. The molecule has 2 rings (SSSR count). The predicted molar refractivity (Wildman–Crippen MR) is 101 cm³/mol. The van der Waals surface area contributed by atoms with Gasteiger partial charge >= 0.3 is 0 Å². The maximum atomic E-state index is 12.2. The number of carbonyl (C=O) groups excluding carboxylic acids is 1. The first kappa shape index (κ1) is 19.5. The van der Waals surface area contributed by atoms with E-state index >= 15 is 0 Å². The van der Waals surface area contributed by atoms with Crippen molar-refractivity contribution in [1.82, 2.24) is 10.2 Å². The molecule has 0 spiro atoms. The highest BCUT2D eigenvalue weighted by molar-refractivity contribution is 7.92. The number of rotatable bonds is 9. The van der Waals surface area contributed by atoms with Crippen LogP contribution in [0.15, 0.2) is 36.9 Å². The van der Waals surface area contributed by atoms with Crippen molar-refractivity contribution in [2.24, 2.45) is 0 Å². The van der Waals surface area contributed by atoms with E-state index in [2.05, 4.69) is 16.8 Å². The largest absolute Gasteiger partial charge is 0.352 e. The Morgan fingerprint density at radius 1 is 1.28 bits per heavy atom. The van der Waals surface area contributed by atoms with E-state index in [0.717, 1.165) is 32.3 Å². The Bertz CT molecular complexity index is 680. The summed E-state index contributed by atoms with van der Waals surface area (Å²) < 4.78 is 24.9. The van der Waals surface area contributed by atoms with Gasteiger partial charge in [0.15, 0.2) is 0 Å². The summed E-state index contributed by atoms with van der Waals surface area (Å²) in [6, 6.07) is 6.58. The Kier molecular flexibility index (Phi) is 7.01. The predicted octanol–water partition coefficient (Wildman–Crippen LogP) is 1.85. The highest BCUT2D eigenvalue weighted by atomic mass is 32.2. The van der Waals surface area contributed by atoms with Gasteiger partial charge in [0.1, 0.15) is 0 Å². The van der Waals surface area contributed by atoms with E-state index in [1.165, 1.54) is 23.2 Å². The van der Waals surface area contributed by atoms with Crippen molar-refractivity contribution in [2.45, 2.75) is 19.3 Å².